The highest BCUT2D eigenvalue weighted by molar-refractivity contribution is 6.02. The van der Waals surface area contributed by atoms with Gasteiger partial charge in [0.1, 0.15) is 6.04 Å². The summed E-state index contributed by atoms with van der Waals surface area (Å²) >= 11 is 0. The molecule has 6 rings (SSSR count). The average Bonchev–Trinajstić information content (AvgIpc) is 3.57. The topological polar surface area (TPSA) is 212 Å². The van der Waals surface area contributed by atoms with Crippen molar-refractivity contribution in [1.29, 1.82) is 10.8 Å². The number of nitrogens with zero attached hydrogens (tertiary/aromatic N) is 2. The third-order valence-electron chi connectivity index (χ3n) is 7.38. The fraction of sp³-hybridized carbons (Fsp3) is 0.476. The Morgan fingerprint density at radius 1 is 1.17 bits per heavy atom. The first-order valence-corrected chi connectivity index (χ1v) is 11.4. The molecule has 5 aliphatic heterocycles. The maximum atomic E-state index is 13.1. The van der Waals surface area contributed by atoms with Gasteiger partial charge in [-0.15, -0.1) is 0 Å². The smallest absolute Gasteiger partial charge is 0.255 e. The van der Waals surface area contributed by atoms with Crippen molar-refractivity contribution in [2.24, 2.45) is 0 Å². The summed E-state index contributed by atoms with van der Waals surface area (Å²) in [6.45, 7) is -0.373. The van der Waals surface area contributed by atoms with Gasteiger partial charge in [0, 0.05) is 19.4 Å². The minimum Gasteiger partial charge on any atom is -0.454 e. The van der Waals surface area contributed by atoms with Crippen LogP contribution in [0, 0.1) is 10.8 Å². The quantitative estimate of drug-likeness (QED) is 0.152. The van der Waals surface area contributed by atoms with Crippen LogP contribution in [0.1, 0.15) is 23.2 Å². The SMILES string of the molecule is N=C1N[C@H]2C(CN3C(=O)CCC3=O)NC(=N)N3CC(NC(=O)c4cccc5c4OCO5)C(O)(O)[C@]23N1. The molecule has 0 aromatic heterocycles. The molecule has 4 saturated heterocycles. The zero-order valence-electron chi connectivity index (χ0n) is 18.8. The molecule has 4 fully saturated rings. The van der Waals surface area contributed by atoms with E-state index in [4.69, 9.17) is 20.3 Å². The predicted octanol–water partition coefficient (Wildman–Crippen LogP) is -3.24. The first-order valence-electron chi connectivity index (χ1n) is 11.4. The number of hydrogen-bond acceptors (Lipinski definition) is 9. The van der Waals surface area contributed by atoms with Crippen LogP contribution in [0.5, 0.6) is 11.5 Å². The van der Waals surface area contributed by atoms with Gasteiger partial charge in [-0.05, 0) is 12.1 Å². The van der Waals surface area contributed by atoms with Gasteiger partial charge in [0.15, 0.2) is 29.1 Å². The van der Waals surface area contributed by atoms with Crippen molar-refractivity contribution < 1.29 is 34.1 Å². The number of carbonyl (C=O) groups excluding carboxylic acids is 3. The Hall–Kier alpha value is -4.11. The van der Waals surface area contributed by atoms with Crippen molar-refractivity contribution in [3.63, 3.8) is 0 Å². The zero-order chi connectivity index (χ0) is 25.4. The molecule has 0 radical (unpaired) electrons. The van der Waals surface area contributed by atoms with Crippen LogP contribution in [0.15, 0.2) is 18.2 Å². The lowest BCUT2D eigenvalue weighted by Crippen LogP contribution is -2.81. The zero-order valence-corrected chi connectivity index (χ0v) is 18.8. The van der Waals surface area contributed by atoms with Gasteiger partial charge in [-0.3, -0.25) is 30.1 Å². The summed E-state index contributed by atoms with van der Waals surface area (Å²) in [5.74, 6) is -3.89. The molecule has 15 nitrogen and oxygen atoms in total. The monoisotopic (exact) mass is 500 g/mol. The van der Waals surface area contributed by atoms with Crippen LogP contribution in [0.3, 0.4) is 0 Å². The van der Waals surface area contributed by atoms with Crippen LogP contribution in [-0.2, 0) is 9.59 Å². The maximum absolute atomic E-state index is 13.1. The number of likely N-dealkylation sites (tertiary alicyclic amines) is 1. The number of carbonyl (C=O) groups is 3. The molecule has 15 heteroatoms. The Labute approximate surface area is 203 Å². The normalized spacial score (nSPS) is 31.6. The molecule has 2 unspecified atom stereocenters. The summed E-state index contributed by atoms with van der Waals surface area (Å²) in [5, 5.41) is 50.8. The highest BCUT2D eigenvalue weighted by atomic mass is 16.7. The van der Waals surface area contributed by atoms with Crippen molar-refractivity contribution in [1.82, 2.24) is 31.1 Å². The standard InChI is InChI=1S/C21H24N8O7/c22-18-26-16-10(6-28-13(30)4-5-14(28)31)24-19(23)29-7-12(21(33,34)20(16,29)27-18)25-17(32)9-2-1-3-11-15(9)36-8-35-11/h1-3,10,12,16,33-34H,4-8H2,(H2,23,24)(H,25,32)(H3,22,26,27)/t10?,12?,16-,20-/m0/s1. The molecule has 1 aromatic rings. The van der Waals surface area contributed by atoms with E-state index in [0.29, 0.717) is 5.75 Å². The first kappa shape index (κ1) is 22.4. The number of benzene rings is 1. The minimum atomic E-state index is -2.69. The summed E-state index contributed by atoms with van der Waals surface area (Å²) in [6, 6.07) is 1.67. The maximum Gasteiger partial charge on any atom is 0.255 e. The first-order chi connectivity index (χ1) is 17.1. The van der Waals surface area contributed by atoms with Gasteiger partial charge in [0.2, 0.25) is 24.4 Å². The number of fused-ring (bicyclic) bond motifs is 1. The van der Waals surface area contributed by atoms with E-state index in [9.17, 15) is 24.6 Å². The average molecular weight is 500 g/mol. The molecule has 5 aliphatic rings. The summed E-state index contributed by atoms with van der Waals surface area (Å²) in [4.78, 5) is 39.9. The third-order valence-corrected chi connectivity index (χ3v) is 7.38. The van der Waals surface area contributed by atoms with Gasteiger partial charge in [0.25, 0.3) is 5.91 Å². The Morgan fingerprint density at radius 2 is 1.92 bits per heavy atom. The molecule has 1 aromatic carbocycles. The van der Waals surface area contributed by atoms with Crippen molar-refractivity contribution >= 4 is 29.6 Å². The lowest BCUT2D eigenvalue weighted by Gasteiger charge is -2.51. The van der Waals surface area contributed by atoms with Crippen molar-refractivity contribution in [2.45, 2.75) is 42.4 Å². The van der Waals surface area contributed by atoms with Gasteiger partial charge >= 0.3 is 0 Å². The molecular weight excluding hydrogens is 476 g/mol. The molecule has 1 spiro atoms. The molecule has 0 aliphatic carbocycles. The van der Waals surface area contributed by atoms with Gasteiger partial charge in [-0.2, -0.15) is 0 Å². The van der Waals surface area contributed by atoms with E-state index in [-0.39, 0.29) is 67.8 Å². The fourth-order valence-corrected chi connectivity index (χ4v) is 5.70. The number of rotatable bonds is 4. The predicted molar refractivity (Wildman–Crippen MR) is 119 cm³/mol. The Kier molecular flexibility index (Phi) is 4.62. The van der Waals surface area contributed by atoms with Gasteiger partial charge < -0.3 is 45.9 Å². The van der Waals surface area contributed by atoms with E-state index >= 15 is 0 Å². The lowest BCUT2D eigenvalue weighted by atomic mass is 9.84. The number of nitrogens with one attached hydrogen (secondary N) is 6. The Morgan fingerprint density at radius 3 is 2.67 bits per heavy atom. The van der Waals surface area contributed by atoms with Crippen LogP contribution < -0.4 is 30.7 Å². The van der Waals surface area contributed by atoms with Crippen molar-refractivity contribution in [3.05, 3.63) is 23.8 Å². The van der Waals surface area contributed by atoms with Crippen LogP contribution in [0.2, 0.25) is 0 Å². The summed E-state index contributed by atoms with van der Waals surface area (Å²) in [7, 11) is 0. The number of hydrogen-bond donors (Lipinski definition) is 8. The van der Waals surface area contributed by atoms with Crippen LogP contribution in [0.4, 0.5) is 0 Å². The molecule has 190 valence electrons. The van der Waals surface area contributed by atoms with Gasteiger partial charge in [-0.25, -0.2) is 0 Å². The summed E-state index contributed by atoms with van der Waals surface area (Å²) in [5.41, 5.74) is -1.71. The molecular formula is C21H24N8O7. The molecule has 3 amide bonds. The molecule has 4 atom stereocenters. The second kappa shape index (κ2) is 7.44. The largest absolute Gasteiger partial charge is 0.454 e. The van der Waals surface area contributed by atoms with Gasteiger partial charge in [-0.1, -0.05) is 6.07 Å². The minimum absolute atomic E-state index is 0.0461. The lowest BCUT2D eigenvalue weighted by molar-refractivity contribution is -0.232. The van der Waals surface area contributed by atoms with E-state index in [0.717, 1.165) is 4.90 Å². The number of amides is 3. The van der Waals surface area contributed by atoms with E-state index in [1.54, 1.807) is 12.1 Å². The molecule has 0 saturated carbocycles. The van der Waals surface area contributed by atoms with E-state index in [2.05, 4.69) is 21.3 Å². The van der Waals surface area contributed by atoms with E-state index in [1.807, 2.05) is 0 Å². The number of aliphatic hydroxyl groups is 2. The van der Waals surface area contributed by atoms with E-state index in [1.165, 1.54) is 11.0 Å². The van der Waals surface area contributed by atoms with Crippen molar-refractivity contribution in [2.75, 3.05) is 19.9 Å². The second-order valence-electron chi connectivity index (χ2n) is 9.29. The summed E-state index contributed by atoms with van der Waals surface area (Å²) < 4.78 is 10.7. The Balaban J connectivity index is 1.31. The summed E-state index contributed by atoms with van der Waals surface area (Å²) in [6.07, 6.45) is 0.171. The number of guanidine groups is 2. The highest BCUT2D eigenvalue weighted by Gasteiger charge is 2.74. The highest BCUT2D eigenvalue weighted by Crippen LogP contribution is 2.43. The molecule has 36 heavy (non-hydrogen) atoms. The molecule has 0 bridgehead atoms. The van der Waals surface area contributed by atoms with Crippen LogP contribution in [0.25, 0.3) is 0 Å². The molecule has 5 heterocycles. The van der Waals surface area contributed by atoms with Gasteiger partial charge in [0.05, 0.1) is 24.2 Å². The second-order valence-corrected chi connectivity index (χ2v) is 9.29. The van der Waals surface area contributed by atoms with Crippen LogP contribution >= 0.6 is 0 Å². The Bertz CT molecular complexity index is 1200. The van der Waals surface area contributed by atoms with Crippen molar-refractivity contribution in [3.8, 4) is 11.5 Å². The van der Waals surface area contributed by atoms with E-state index < -0.39 is 35.5 Å². The number of para-hydroxylation sites is 1. The number of ether oxygens (including phenoxy) is 2. The number of imide groups is 1. The third kappa shape index (κ3) is 2.89. The fourth-order valence-electron chi connectivity index (χ4n) is 5.70. The molecule has 8 N–H and O–H groups in total. The van der Waals surface area contributed by atoms with Crippen LogP contribution in [-0.4, -0.2) is 99.1 Å².